The molecule has 2 heterocycles. The zero-order chi connectivity index (χ0) is 17.2. The highest BCUT2D eigenvalue weighted by atomic mass is 15.0. The van der Waals surface area contributed by atoms with Gasteiger partial charge in [0, 0.05) is 22.2 Å². The van der Waals surface area contributed by atoms with Gasteiger partial charge in [0.05, 0.1) is 17.5 Å². The van der Waals surface area contributed by atoms with E-state index in [9.17, 15) is 0 Å². The maximum atomic E-state index is 5.20. The minimum atomic E-state index is -0.0690. The van der Waals surface area contributed by atoms with Crippen molar-refractivity contribution in [2.45, 2.75) is 26.8 Å². The van der Waals surface area contributed by atoms with Crippen molar-refractivity contribution in [2.75, 3.05) is 5.32 Å². The molecule has 0 fully saturated rings. The van der Waals surface area contributed by atoms with Crippen LogP contribution >= 0.6 is 0 Å². The summed E-state index contributed by atoms with van der Waals surface area (Å²) in [5.41, 5.74) is 8.82. The predicted octanol–water partition coefficient (Wildman–Crippen LogP) is 5.30. The number of hydrogen-bond acceptors (Lipinski definition) is 2. The Kier molecular flexibility index (Phi) is 2.91. The molecular formula is C23H22N2. The minimum Gasteiger partial charge on any atom is -0.377 e. The van der Waals surface area contributed by atoms with Crippen LogP contribution in [0.2, 0.25) is 0 Å². The van der Waals surface area contributed by atoms with Gasteiger partial charge in [-0.05, 0) is 23.1 Å². The molecule has 0 saturated carbocycles. The molecule has 2 heteroatoms. The van der Waals surface area contributed by atoms with Gasteiger partial charge in [-0.3, -0.25) is 4.99 Å². The molecule has 0 saturated heterocycles. The molecular weight excluding hydrogens is 304 g/mol. The Labute approximate surface area is 149 Å². The van der Waals surface area contributed by atoms with Crippen LogP contribution in [0.4, 0.5) is 5.69 Å². The lowest BCUT2D eigenvalue weighted by atomic mass is 9.73. The monoisotopic (exact) mass is 326 g/mol. The normalized spacial score (nSPS) is 25.6. The average Bonchev–Trinajstić information content (AvgIpc) is 3.12. The Hall–Kier alpha value is -2.61. The standard InChI is InChI=1S/C23H22N2/c1-14-13-17-21(19-16-11-7-8-12-18(16)24-20(14)19)25-22(23(17,2)3)15-9-5-4-6-10-15/h4-14,20,24H,1-3H3. The van der Waals surface area contributed by atoms with E-state index in [2.05, 4.69) is 86.8 Å². The van der Waals surface area contributed by atoms with Crippen molar-refractivity contribution in [3.63, 3.8) is 0 Å². The maximum absolute atomic E-state index is 5.20. The number of hydrogen-bond donors (Lipinski definition) is 1. The smallest absolute Gasteiger partial charge is 0.0731 e. The Balaban J connectivity index is 1.78. The second kappa shape index (κ2) is 4.95. The number of fused-ring (bicyclic) bond motifs is 4. The van der Waals surface area contributed by atoms with E-state index in [1.165, 1.54) is 39.4 Å². The molecule has 1 N–H and O–H groups in total. The molecule has 2 aliphatic heterocycles. The van der Waals surface area contributed by atoms with E-state index in [-0.39, 0.29) is 5.41 Å². The minimum absolute atomic E-state index is 0.0690. The lowest BCUT2D eigenvalue weighted by molar-refractivity contribution is 0.609. The summed E-state index contributed by atoms with van der Waals surface area (Å²) in [7, 11) is 0. The molecule has 0 amide bonds. The van der Waals surface area contributed by atoms with Crippen LogP contribution in [0.1, 0.15) is 31.9 Å². The molecule has 25 heavy (non-hydrogen) atoms. The van der Waals surface area contributed by atoms with Crippen molar-refractivity contribution in [3.05, 3.63) is 83.1 Å². The first kappa shape index (κ1) is 14.7. The van der Waals surface area contributed by atoms with E-state index < -0.39 is 0 Å². The van der Waals surface area contributed by atoms with Gasteiger partial charge >= 0.3 is 0 Å². The number of allylic oxidation sites excluding steroid dienone is 1. The Morgan fingerprint density at radius 2 is 1.68 bits per heavy atom. The van der Waals surface area contributed by atoms with Crippen LogP contribution in [0.25, 0.3) is 5.57 Å². The molecule has 2 aromatic carbocycles. The number of nitrogens with zero attached hydrogens (tertiary/aromatic N) is 1. The van der Waals surface area contributed by atoms with Crippen LogP contribution < -0.4 is 5.32 Å². The van der Waals surface area contributed by atoms with Crippen LogP contribution in [0.3, 0.4) is 0 Å². The van der Waals surface area contributed by atoms with Gasteiger partial charge in [-0.25, -0.2) is 0 Å². The van der Waals surface area contributed by atoms with Crippen molar-refractivity contribution in [2.24, 2.45) is 16.3 Å². The maximum Gasteiger partial charge on any atom is 0.0731 e. The fourth-order valence-electron chi connectivity index (χ4n) is 4.53. The third-order valence-electron chi connectivity index (χ3n) is 5.84. The number of anilines is 1. The third kappa shape index (κ3) is 1.94. The summed E-state index contributed by atoms with van der Waals surface area (Å²) in [6.07, 6.45) is 2.43. The molecule has 2 atom stereocenters. The fraction of sp³-hybridized carbons (Fsp3) is 0.261. The van der Waals surface area contributed by atoms with Gasteiger partial charge in [0.25, 0.3) is 0 Å². The van der Waals surface area contributed by atoms with Crippen molar-refractivity contribution >= 4 is 17.0 Å². The summed E-state index contributed by atoms with van der Waals surface area (Å²) in [6, 6.07) is 19.6. The van der Waals surface area contributed by atoms with E-state index in [1.807, 2.05) is 0 Å². The van der Waals surface area contributed by atoms with Gasteiger partial charge in [-0.15, -0.1) is 0 Å². The molecule has 1 aliphatic carbocycles. The first-order chi connectivity index (χ1) is 12.1. The molecule has 124 valence electrons. The molecule has 0 aromatic heterocycles. The Bertz CT molecular complexity index is 961. The number of aliphatic imine (C=N–C) groups is 1. The summed E-state index contributed by atoms with van der Waals surface area (Å²) < 4.78 is 0. The van der Waals surface area contributed by atoms with Gasteiger partial charge in [0.2, 0.25) is 0 Å². The topological polar surface area (TPSA) is 24.4 Å². The Morgan fingerprint density at radius 1 is 0.960 bits per heavy atom. The molecule has 3 aliphatic rings. The van der Waals surface area contributed by atoms with Gasteiger partial charge in [-0.2, -0.15) is 0 Å². The molecule has 5 rings (SSSR count). The molecule has 0 radical (unpaired) electrons. The molecule has 0 bridgehead atoms. The second-order valence-corrected chi connectivity index (χ2v) is 7.82. The van der Waals surface area contributed by atoms with Crippen LogP contribution in [0.15, 0.2) is 76.9 Å². The van der Waals surface area contributed by atoms with Gasteiger partial charge in [0.1, 0.15) is 0 Å². The number of para-hydroxylation sites is 1. The molecule has 2 aromatic rings. The first-order valence-electron chi connectivity index (χ1n) is 9.05. The van der Waals surface area contributed by atoms with Crippen molar-refractivity contribution in [3.8, 4) is 0 Å². The van der Waals surface area contributed by atoms with Crippen molar-refractivity contribution in [1.82, 2.24) is 0 Å². The molecule has 0 spiro atoms. The molecule has 2 nitrogen and oxygen atoms in total. The zero-order valence-corrected chi connectivity index (χ0v) is 14.9. The lowest BCUT2D eigenvalue weighted by Crippen LogP contribution is -2.29. The fourth-order valence-corrected chi connectivity index (χ4v) is 4.53. The Morgan fingerprint density at radius 3 is 2.48 bits per heavy atom. The number of nitrogens with one attached hydrogen (secondary N) is 1. The highest BCUT2D eigenvalue weighted by molar-refractivity contribution is 6.11. The van der Waals surface area contributed by atoms with Gasteiger partial charge in [0.15, 0.2) is 0 Å². The average molecular weight is 326 g/mol. The van der Waals surface area contributed by atoms with E-state index in [1.54, 1.807) is 0 Å². The summed E-state index contributed by atoms with van der Waals surface area (Å²) in [6.45, 7) is 6.92. The highest BCUT2D eigenvalue weighted by Crippen LogP contribution is 2.53. The van der Waals surface area contributed by atoms with Crippen LogP contribution in [0, 0.1) is 11.3 Å². The largest absolute Gasteiger partial charge is 0.377 e. The summed E-state index contributed by atoms with van der Waals surface area (Å²) in [5, 5.41) is 3.71. The van der Waals surface area contributed by atoms with Crippen LogP contribution in [0.5, 0.6) is 0 Å². The number of rotatable bonds is 1. The molecule has 2 unspecified atom stereocenters. The zero-order valence-electron chi connectivity index (χ0n) is 14.9. The van der Waals surface area contributed by atoms with E-state index >= 15 is 0 Å². The summed E-state index contributed by atoms with van der Waals surface area (Å²) in [5.74, 6) is 0.450. The first-order valence-corrected chi connectivity index (χ1v) is 9.05. The SMILES string of the molecule is CC1C=C2C(=C3c4ccccc4NC31)N=C(c1ccccc1)C2(C)C. The van der Waals surface area contributed by atoms with Crippen molar-refractivity contribution in [1.29, 1.82) is 0 Å². The predicted molar refractivity (Wildman–Crippen MR) is 105 cm³/mol. The van der Waals surface area contributed by atoms with E-state index in [0.717, 1.165) is 0 Å². The summed E-state index contributed by atoms with van der Waals surface area (Å²) in [4.78, 5) is 5.20. The van der Waals surface area contributed by atoms with Crippen LogP contribution in [-0.4, -0.2) is 11.8 Å². The highest BCUT2D eigenvalue weighted by Gasteiger charge is 2.45. The lowest BCUT2D eigenvalue weighted by Gasteiger charge is -2.30. The van der Waals surface area contributed by atoms with Crippen LogP contribution in [-0.2, 0) is 0 Å². The van der Waals surface area contributed by atoms with E-state index in [0.29, 0.717) is 12.0 Å². The van der Waals surface area contributed by atoms with Gasteiger partial charge < -0.3 is 5.32 Å². The van der Waals surface area contributed by atoms with Crippen molar-refractivity contribution < 1.29 is 0 Å². The number of benzene rings is 2. The van der Waals surface area contributed by atoms with E-state index in [4.69, 9.17) is 4.99 Å². The second-order valence-electron chi connectivity index (χ2n) is 7.82. The van der Waals surface area contributed by atoms with Gasteiger partial charge in [-0.1, -0.05) is 75.4 Å². The third-order valence-corrected chi connectivity index (χ3v) is 5.84. The summed E-state index contributed by atoms with van der Waals surface area (Å²) >= 11 is 0. The quantitative estimate of drug-likeness (QED) is 0.756.